The largest absolute Gasteiger partial charge is 0.324 e. The van der Waals surface area contributed by atoms with E-state index in [0.29, 0.717) is 10.9 Å². The molecule has 1 atom stereocenters. The second-order valence-corrected chi connectivity index (χ2v) is 7.04. The Morgan fingerprint density at radius 3 is 2.60 bits per heavy atom. The van der Waals surface area contributed by atoms with Gasteiger partial charge in [0.1, 0.15) is 5.82 Å². The molecular formula is C15H16N2O2S. The lowest BCUT2D eigenvalue weighted by atomic mass is 10.2. The van der Waals surface area contributed by atoms with E-state index >= 15 is 0 Å². The molecule has 1 aliphatic carbocycles. The molecule has 0 aliphatic heterocycles. The molecule has 0 spiro atoms. The van der Waals surface area contributed by atoms with Crippen LogP contribution < -0.4 is 0 Å². The number of aromatic nitrogens is 2. The molecular weight excluding hydrogens is 272 g/mol. The maximum absolute atomic E-state index is 11.5. The van der Waals surface area contributed by atoms with Crippen LogP contribution in [0.1, 0.15) is 18.9 Å². The zero-order valence-electron chi connectivity index (χ0n) is 11.2. The fraction of sp³-hybridized carbons (Fsp3) is 0.267. The summed E-state index contributed by atoms with van der Waals surface area (Å²) in [6.07, 6.45) is 11.5. The zero-order chi connectivity index (χ0) is 14.2. The molecule has 2 aromatic rings. The van der Waals surface area contributed by atoms with E-state index in [-0.39, 0.29) is 0 Å². The standard InChI is InChI=1S/C15H16N2O2S/c1-20(18,19)14-8-6-12(7-9-14)15-16-10-11-17(15)13-4-2-3-5-13/h2,4,6-11,13H,3,5H2,1H3. The molecule has 0 fully saturated rings. The molecule has 3 rings (SSSR count). The molecule has 1 aromatic heterocycles. The van der Waals surface area contributed by atoms with Gasteiger partial charge in [0.15, 0.2) is 9.84 Å². The highest BCUT2D eigenvalue weighted by Crippen LogP contribution is 2.28. The summed E-state index contributed by atoms with van der Waals surface area (Å²) in [5.74, 6) is 0.876. The van der Waals surface area contributed by atoms with E-state index in [2.05, 4.69) is 21.7 Å². The first-order valence-corrected chi connectivity index (χ1v) is 8.45. The van der Waals surface area contributed by atoms with Gasteiger partial charge in [0.2, 0.25) is 0 Å². The molecule has 0 N–H and O–H groups in total. The lowest BCUT2D eigenvalue weighted by Gasteiger charge is -2.13. The highest BCUT2D eigenvalue weighted by atomic mass is 32.2. The van der Waals surface area contributed by atoms with Gasteiger partial charge in [-0.25, -0.2) is 13.4 Å². The smallest absolute Gasteiger partial charge is 0.175 e. The predicted molar refractivity (Wildman–Crippen MR) is 78.2 cm³/mol. The maximum Gasteiger partial charge on any atom is 0.175 e. The average Bonchev–Trinajstić information content (AvgIpc) is 3.08. The molecule has 104 valence electrons. The molecule has 0 amide bonds. The van der Waals surface area contributed by atoms with Crippen LogP contribution in [0.25, 0.3) is 11.4 Å². The highest BCUT2D eigenvalue weighted by Gasteiger charge is 2.16. The van der Waals surface area contributed by atoms with E-state index in [1.54, 1.807) is 18.3 Å². The first kappa shape index (κ1) is 13.1. The first-order valence-electron chi connectivity index (χ1n) is 6.56. The summed E-state index contributed by atoms with van der Waals surface area (Å²) in [7, 11) is -3.15. The molecule has 1 unspecified atom stereocenters. The quantitative estimate of drug-likeness (QED) is 0.816. The summed E-state index contributed by atoms with van der Waals surface area (Å²) in [6.45, 7) is 0. The number of imidazole rings is 1. The minimum Gasteiger partial charge on any atom is -0.324 e. The van der Waals surface area contributed by atoms with Gasteiger partial charge in [0, 0.05) is 24.2 Å². The van der Waals surface area contributed by atoms with Crippen LogP contribution in [-0.2, 0) is 9.84 Å². The number of sulfone groups is 1. The summed E-state index contributed by atoms with van der Waals surface area (Å²) in [5.41, 5.74) is 0.933. The molecule has 20 heavy (non-hydrogen) atoms. The van der Waals surface area contributed by atoms with Crippen molar-refractivity contribution in [3.05, 3.63) is 48.8 Å². The summed E-state index contributed by atoms with van der Waals surface area (Å²) < 4.78 is 25.1. The third kappa shape index (κ3) is 2.41. The van der Waals surface area contributed by atoms with Crippen molar-refractivity contribution in [1.82, 2.24) is 9.55 Å². The topological polar surface area (TPSA) is 52.0 Å². The van der Waals surface area contributed by atoms with Gasteiger partial charge in [-0.1, -0.05) is 12.2 Å². The van der Waals surface area contributed by atoms with Gasteiger partial charge in [0.05, 0.1) is 10.9 Å². The van der Waals surface area contributed by atoms with E-state index < -0.39 is 9.84 Å². The van der Waals surface area contributed by atoms with Crippen molar-refractivity contribution in [2.75, 3.05) is 6.26 Å². The lowest BCUT2D eigenvalue weighted by Crippen LogP contribution is -2.04. The summed E-state index contributed by atoms with van der Waals surface area (Å²) >= 11 is 0. The summed E-state index contributed by atoms with van der Waals surface area (Å²) in [6, 6.07) is 7.24. The molecule has 4 nitrogen and oxygen atoms in total. The normalized spacial score (nSPS) is 18.6. The van der Waals surface area contributed by atoms with Crippen molar-refractivity contribution in [3.63, 3.8) is 0 Å². The lowest BCUT2D eigenvalue weighted by molar-refractivity contribution is 0.596. The fourth-order valence-corrected chi connectivity index (χ4v) is 3.13. The third-order valence-electron chi connectivity index (χ3n) is 3.55. The van der Waals surface area contributed by atoms with Gasteiger partial charge >= 0.3 is 0 Å². The minimum absolute atomic E-state index is 0.333. The molecule has 1 aromatic carbocycles. The Balaban J connectivity index is 1.98. The van der Waals surface area contributed by atoms with Gasteiger partial charge in [-0.2, -0.15) is 0 Å². The van der Waals surface area contributed by atoms with Crippen LogP contribution in [-0.4, -0.2) is 24.2 Å². The van der Waals surface area contributed by atoms with Crippen LogP contribution >= 0.6 is 0 Å². The van der Waals surface area contributed by atoms with Crippen LogP contribution in [0.5, 0.6) is 0 Å². The van der Waals surface area contributed by atoms with Crippen molar-refractivity contribution in [1.29, 1.82) is 0 Å². The van der Waals surface area contributed by atoms with Crippen LogP contribution in [0, 0.1) is 0 Å². The summed E-state index contributed by atoms with van der Waals surface area (Å²) in [4.78, 5) is 4.74. The monoisotopic (exact) mass is 288 g/mol. The SMILES string of the molecule is CS(=O)(=O)c1ccc(-c2nccn2C2C=CCC2)cc1. The van der Waals surface area contributed by atoms with E-state index in [0.717, 1.165) is 24.2 Å². The predicted octanol–water partition coefficient (Wildman–Crippen LogP) is 2.84. The number of hydrogen-bond donors (Lipinski definition) is 0. The Morgan fingerprint density at radius 1 is 1.25 bits per heavy atom. The number of nitrogens with zero attached hydrogens (tertiary/aromatic N) is 2. The Kier molecular flexibility index (Phi) is 3.22. The van der Waals surface area contributed by atoms with Crippen LogP contribution in [0.4, 0.5) is 0 Å². The Hall–Kier alpha value is -1.88. The van der Waals surface area contributed by atoms with Crippen LogP contribution in [0.2, 0.25) is 0 Å². The van der Waals surface area contributed by atoms with Crippen LogP contribution in [0.3, 0.4) is 0 Å². The van der Waals surface area contributed by atoms with Gasteiger partial charge in [-0.15, -0.1) is 0 Å². The number of hydrogen-bond acceptors (Lipinski definition) is 3. The van der Waals surface area contributed by atoms with Crippen molar-refractivity contribution >= 4 is 9.84 Å². The Bertz CT molecular complexity index is 742. The molecule has 0 radical (unpaired) electrons. The minimum atomic E-state index is -3.15. The molecule has 1 aliphatic rings. The molecule has 0 bridgehead atoms. The number of allylic oxidation sites excluding steroid dienone is 2. The van der Waals surface area contributed by atoms with Crippen molar-refractivity contribution in [2.24, 2.45) is 0 Å². The third-order valence-corrected chi connectivity index (χ3v) is 4.68. The summed E-state index contributed by atoms with van der Waals surface area (Å²) in [5, 5.41) is 0. The second kappa shape index (κ2) is 4.90. The second-order valence-electron chi connectivity index (χ2n) is 5.03. The average molecular weight is 288 g/mol. The number of benzene rings is 1. The number of rotatable bonds is 3. The van der Waals surface area contributed by atoms with Crippen molar-refractivity contribution in [3.8, 4) is 11.4 Å². The van der Waals surface area contributed by atoms with Crippen molar-refractivity contribution in [2.45, 2.75) is 23.8 Å². The Morgan fingerprint density at radius 2 is 2.00 bits per heavy atom. The molecule has 0 saturated carbocycles. The Labute approximate surface area is 118 Å². The van der Waals surface area contributed by atoms with Gasteiger partial charge < -0.3 is 4.57 Å². The van der Waals surface area contributed by atoms with E-state index in [4.69, 9.17) is 0 Å². The van der Waals surface area contributed by atoms with Gasteiger partial charge in [-0.3, -0.25) is 0 Å². The van der Waals surface area contributed by atoms with Gasteiger partial charge in [-0.05, 0) is 37.1 Å². The van der Waals surface area contributed by atoms with Crippen molar-refractivity contribution < 1.29 is 8.42 Å². The van der Waals surface area contributed by atoms with E-state index in [9.17, 15) is 8.42 Å². The highest BCUT2D eigenvalue weighted by molar-refractivity contribution is 7.90. The molecule has 5 heteroatoms. The zero-order valence-corrected chi connectivity index (χ0v) is 12.0. The first-order chi connectivity index (χ1) is 9.55. The van der Waals surface area contributed by atoms with E-state index in [1.165, 1.54) is 6.26 Å². The fourth-order valence-electron chi connectivity index (χ4n) is 2.50. The van der Waals surface area contributed by atoms with Gasteiger partial charge in [0.25, 0.3) is 0 Å². The van der Waals surface area contributed by atoms with Crippen LogP contribution in [0.15, 0.2) is 53.7 Å². The molecule has 1 heterocycles. The molecule has 0 saturated heterocycles. The maximum atomic E-state index is 11.5. The van der Waals surface area contributed by atoms with E-state index in [1.807, 2.05) is 18.3 Å².